The molecule has 1 aromatic heterocycles. The average molecular weight is 183 g/mol. The Morgan fingerprint density at radius 2 is 2.38 bits per heavy atom. The molecule has 0 aromatic carbocycles. The summed E-state index contributed by atoms with van der Waals surface area (Å²) in [5, 5.41) is 21.8. The lowest BCUT2D eigenvalue weighted by Crippen LogP contribution is -2.20. The molecule has 0 saturated heterocycles. The number of rotatable bonds is 4. The monoisotopic (exact) mass is 183 g/mol. The summed E-state index contributed by atoms with van der Waals surface area (Å²) < 4.78 is 4.85. The van der Waals surface area contributed by atoms with E-state index < -0.39 is 12.2 Å². The van der Waals surface area contributed by atoms with Crippen molar-refractivity contribution in [3.8, 4) is 0 Å². The number of aliphatic hydroxyl groups excluding tert-OH is 2. The van der Waals surface area contributed by atoms with Gasteiger partial charge in [0.05, 0.1) is 18.9 Å². The number of hydrogen-bond donors (Lipinski definition) is 2. The lowest BCUT2D eigenvalue weighted by atomic mass is 10.1. The van der Waals surface area contributed by atoms with E-state index >= 15 is 0 Å². The van der Waals surface area contributed by atoms with Gasteiger partial charge in [-0.05, 0) is 17.7 Å². The minimum Gasteiger partial charge on any atom is -0.466 e. The molecule has 1 heterocycles. The predicted molar refractivity (Wildman–Crippen MR) is 43.7 cm³/mol. The van der Waals surface area contributed by atoms with Crippen LogP contribution < -0.4 is 0 Å². The minimum atomic E-state index is -1.15. The molecular formula is C7H9N3O3. The van der Waals surface area contributed by atoms with Crippen molar-refractivity contribution in [2.24, 2.45) is 5.11 Å². The lowest BCUT2D eigenvalue weighted by Gasteiger charge is -2.12. The normalized spacial score (nSPS) is 14.6. The molecule has 0 fully saturated rings. The number of aliphatic hydroxyl groups is 2. The van der Waals surface area contributed by atoms with Gasteiger partial charge in [-0.2, -0.15) is 0 Å². The molecule has 1 rings (SSSR count). The molecular weight excluding hydrogens is 174 g/mol. The maximum atomic E-state index is 9.38. The molecule has 0 aliphatic carbocycles. The van der Waals surface area contributed by atoms with Gasteiger partial charge >= 0.3 is 0 Å². The molecule has 6 heteroatoms. The van der Waals surface area contributed by atoms with Crippen molar-refractivity contribution < 1.29 is 14.6 Å². The van der Waals surface area contributed by atoms with Gasteiger partial charge in [-0.25, -0.2) is 0 Å². The standard InChI is InChI=1S/C7H9N3O3/c8-10-9-4-5(11)7(12)6-2-1-3-13-6/h1-3,5,7,11-12H,4H2. The van der Waals surface area contributed by atoms with Crippen LogP contribution in [0.1, 0.15) is 11.9 Å². The van der Waals surface area contributed by atoms with Gasteiger partial charge in [0.15, 0.2) is 0 Å². The summed E-state index contributed by atoms with van der Waals surface area (Å²) in [6, 6.07) is 3.13. The second-order valence-corrected chi connectivity index (χ2v) is 2.44. The highest BCUT2D eigenvalue weighted by Gasteiger charge is 2.19. The van der Waals surface area contributed by atoms with E-state index in [1.165, 1.54) is 12.3 Å². The highest BCUT2D eigenvalue weighted by atomic mass is 16.4. The van der Waals surface area contributed by atoms with Gasteiger partial charge in [0.2, 0.25) is 0 Å². The average Bonchev–Trinajstić information content (AvgIpc) is 2.65. The molecule has 2 atom stereocenters. The Bertz CT molecular complexity index is 292. The van der Waals surface area contributed by atoms with E-state index in [0.29, 0.717) is 0 Å². The maximum Gasteiger partial charge on any atom is 0.137 e. The first kappa shape index (κ1) is 9.60. The molecule has 0 radical (unpaired) electrons. The molecule has 0 saturated carbocycles. The number of azide groups is 1. The van der Waals surface area contributed by atoms with Crippen molar-refractivity contribution in [3.05, 3.63) is 34.6 Å². The van der Waals surface area contributed by atoms with Gasteiger partial charge in [-0.1, -0.05) is 5.11 Å². The van der Waals surface area contributed by atoms with Crippen molar-refractivity contribution in [2.75, 3.05) is 6.54 Å². The summed E-state index contributed by atoms with van der Waals surface area (Å²) in [7, 11) is 0. The van der Waals surface area contributed by atoms with E-state index in [4.69, 9.17) is 9.95 Å². The van der Waals surface area contributed by atoms with E-state index in [2.05, 4.69) is 10.0 Å². The van der Waals surface area contributed by atoms with Crippen LogP contribution in [0.25, 0.3) is 10.4 Å². The first-order chi connectivity index (χ1) is 6.25. The van der Waals surface area contributed by atoms with Crippen LogP contribution >= 0.6 is 0 Å². The lowest BCUT2D eigenvalue weighted by molar-refractivity contribution is 0.0112. The van der Waals surface area contributed by atoms with Gasteiger partial charge in [-0.15, -0.1) is 0 Å². The van der Waals surface area contributed by atoms with Crippen molar-refractivity contribution in [1.29, 1.82) is 0 Å². The van der Waals surface area contributed by atoms with Crippen LogP contribution in [-0.4, -0.2) is 22.9 Å². The molecule has 0 bridgehead atoms. The van der Waals surface area contributed by atoms with Crippen LogP contribution in [0.15, 0.2) is 27.9 Å². The van der Waals surface area contributed by atoms with Gasteiger partial charge < -0.3 is 14.6 Å². The zero-order valence-corrected chi connectivity index (χ0v) is 6.74. The van der Waals surface area contributed by atoms with Gasteiger partial charge in [0, 0.05) is 4.91 Å². The number of nitrogens with zero attached hydrogens (tertiary/aromatic N) is 3. The zero-order chi connectivity index (χ0) is 9.68. The molecule has 0 aliphatic rings. The zero-order valence-electron chi connectivity index (χ0n) is 6.74. The largest absolute Gasteiger partial charge is 0.466 e. The molecule has 1 aromatic rings. The van der Waals surface area contributed by atoms with E-state index in [1.807, 2.05) is 0 Å². The van der Waals surface area contributed by atoms with Crippen LogP contribution in [0.3, 0.4) is 0 Å². The van der Waals surface area contributed by atoms with Crippen molar-refractivity contribution in [3.63, 3.8) is 0 Å². The molecule has 13 heavy (non-hydrogen) atoms. The molecule has 0 spiro atoms. The third kappa shape index (κ3) is 2.48. The van der Waals surface area contributed by atoms with Gasteiger partial charge in [-0.3, -0.25) is 0 Å². The molecule has 0 amide bonds. The summed E-state index contributed by atoms with van der Waals surface area (Å²) >= 11 is 0. The van der Waals surface area contributed by atoms with Crippen LogP contribution in [0.5, 0.6) is 0 Å². The third-order valence-electron chi connectivity index (χ3n) is 1.53. The Kier molecular flexibility index (Phi) is 3.33. The summed E-state index contributed by atoms with van der Waals surface area (Å²) in [6.07, 6.45) is -0.902. The summed E-state index contributed by atoms with van der Waals surface area (Å²) in [6.45, 7) is -0.182. The molecule has 0 aliphatic heterocycles. The van der Waals surface area contributed by atoms with Crippen molar-refractivity contribution >= 4 is 0 Å². The Labute approximate surface area is 74.0 Å². The fraction of sp³-hybridized carbons (Fsp3) is 0.429. The minimum absolute atomic E-state index is 0.182. The van der Waals surface area contributed by atoms with E-state index in [9.17, 15) is 10.2 Å². The van der Waals surface area contributed by atoms with Gasteiger partial charge in [0.25, 0.3) is 0 Å². The highest BCUT2D eigenvalue weighted by molar-refractivity contribution is 5.03. The quantitative estimate of drug-likeness (QED) is 0.413. The van der Waals surface area contributed by atoms with Gasteiger partial charge in [0.1, 0.15) is 11.9 Å². The predicted octanol–water partition coefficient (Wildman–Crippen LogP) is 0.984. The van der Waals surface area contributed by atoms with E-state index in [-0.39, 0.29) is 12.3 Å². The Morgan fingerprint density at radius 1 is 1.62 bits per heavy atom. The smallest absolute Gasteiger partial charge is 0.137 e. The van der Waals surface area contributed by atoms with E-state index in [1.54, 1.807) is 6.07 Å². The Balaban J connectivity index is 2.57. The molecule has 6 nitrogen and oxygen atoms in total. The van der Waals surface area contributed by atoms with Crippen molar-refractivity contribution in [2.45, 2.75) is 12.2 Å². The number of furan rings is 1. The fourth-order valence-corrected chi connectivity index (χ4v) is 0.869. The van der Waals surface area contributed by atoms with Crippen LogP contribution in [0, 0.1) is 0 Å². The maximum absolute atomic E-state index is 9.38. The van der Waals surface area contributed by atoms with Crippen LogP contribution in [-0.2, 0) is 0 Å². The second-order valence-electron chi connectivity index (χ2n) is 2.44. The third-order valence-corrected chi connectivity index (χ3v) is 1.53. The first-order valence-corrected chi connectivity index (χ1v) is 3.66. The summed E-state index contributed by atoms with van der Waals surface area (Å²) in [5.41, 5.74) is 7.97. The second kappa shape index (κ2) is 4.51. The molecule has 2 unspecified atom stereocenters. The molecule has 70 valence electrons. The SMILES string of the molecule is [N-]=[N+]=NCC(O)C(O)c1ccco1. The Hall–Kier alpha value is -1.49. The van der Waals surface area contributed by atoms with E-state index in [0.717, 1.165) is 0 Å². The highest BCUT2D eigenvalue weighted by Crippen LogP contribution is 2.17. The van der Waals surface area contributed by atoms with Crippen LogP contribution in [0.4, 0.5) is 0 Å². The summed E-state index contributed by atoms with van der Waals surface area (Å²) in [4.78, 5) is 2.46. The van der Waals surface area contributed by atoms with Crippen LogP contribution in [0.2, 0.25) is 0 Å². The first-order valence-electron chi connectivity index (χ1n) is 3.66. The fourth-order valence-electron chi connectivity index (χ4n) is 0.869. The Morgan fingerprint density at radius 3 is 2.92 bits per heavy atom. The number of hydrogen-bond acceptors (Lipinski definition) is 4. The summed E-state index contributed by atoms with van der Waals surface area (Å²) in [5.74, 6) is 0.251. The topological polar surface area (TPSA) is 102 Å². The van der Waals surface area contributed by atoms with Crippen molar-refractivity contribution in [1.82, 2.24) is 0 Å². The molecule has 2 N–H and O–H groups in total.